The molecule has 0 bridgehead atoms. The maximum atomic E-state index is 10.6. The van der Waals surface area contributed by atoms with Crippen molar-refractivity contribution < 1.29 is 9.90 Å². The second kappa shape index (κ2) is 4.60. The summed E-state index contributed by atoms with van der Waals surface area (Å²) in [5, 5.41) is 8.74. The summed E-state index contributed by atoms with van der Waals surface area (Å²) in [5.74, 6) is -0.222. The number of carbonyl (C=O) groups is 1. The Labute approximate surface area is 85.4 Å². The van der Waals surface area contributed by atoms with Gasteiger partial charge in [-0.3, -0.25) is 4.90 Å². The van der Waals surface area contributed by atoms with Crippen LogP contribution >= 0.6 is 0 Å². The van der Waals surface area contributed by atoms with Crippen LogP contribution in [0.4, 0.5) is 0 Å². The van der Waals surface area contributed by atoms with E-state index in [2.05, 4.69) is 25.3 Å². The summed E-state index contributed by atoms with van der Waals surface area (Å²) in [7, 11) is 0. The van der Waals surface area contributed by atoms with Crippen molar-refractivity contribution in [1.82, 2.24) is 4.90 Å². The Morgan fingerprint density at radius 2 is 2.21 bits per heavy atom. The number of nitrogens with zero attached hydrogens (tertiary/aromatic N) is 1. The zero-order chi connectivity index (χ0) is 10.7. The van der Waals surface area contributed by atoms with Gasteiger partial charge in [-0.05, 0) is 32.2 Å². The first-order valence-electron chi connectivity index (χ1n) is 5.17. The highest BCUT2D eigenvalue weighted by atomic mass is 16.4. The fourth-order valence-electron chi connectivity index (χ4n) is 1.96. The van der Waals surface area contributed by atoms with Crippen LogP contribution in [0.15, 0.2) is 12.2 Å². The number of carboxylic acid groups (broad SMARTS) is 1. The van der Waals surface area contributed by atoms with Gasteiger partial charge in [0.2, 0.25) is 0 Å². The molecule has 80 valence electrons. The third kappa shape index (κ3) is 2.58. The van der Waals surface area contributed by atoms with Crippen molar-refractivity contribution in [2.24, 2.45) is 5.92 Å². The third-order valence-corrected chi connectivity index (χ3v) is 3.20. The van der Waals surface area contributed by atoms with Crippen LogP contribution in [0.2, 0.25) is 0 Å². The quantitative estimate of drug-likeness (QED) is 0.701. The molecule has 1 saturated heterocycles. The predicted molar refractivity (Wildman–Crippen MR) is 56.2 cm³/mol. The highest BCUT2D eigenvalue weighted by Gasteiger charge is 2.25. The van der Waals surface area contributed by atoms with Gasteiger partial charge in [0.05, 0.1) is 0 Å². The van der Waals surface area contributed by atoms with Crippen molar-refractivity contribution in [1.29, 1.82) is 0 Å². The summed E-state index contributed by atoms with van der Waals surface area (Å²) < 4.78 is 0. The van der Waals surface area contributed by atoms with Gasteiger partial charge in [-0.2, -0.15) is 0 Å². The van der Waals surface area contributed by atoms with Crippen LogP contribution in [0.25, 0.3) is 0 Å². The molecule has 3 heteroatoms. The largest absolute Gasteiger partial charge is 0.478 e. The van der Waals surface area contributed by atoms with Gasteiger partial charge in [-0.15, -0.1) is 0 Å². The minimum atomic E-state index is -0.879. The molecule has 1 aliphatic heterocycles. The SMILES string of the molecule is C=C(CN1CCCC(C)C1C)C(=O)O. The van der Waals surface area contributed by atoms with E-state index in [4.69, 9.17) is 5.11 Å². The average molecular weight is 197 g/mol. The topological polar surface area (TPSA) is 40.5 Å². The van der Waals surface area contributed by atoms with Crippen LogP contribution in [0.3, 0.4) is 0 Å². The summed E-state index contributed by atoms with van der Waals surface area (Å²) in [6.07, 6.45) is 2.41. The van der Waals surface area contributed by atoms with Gasteiger partial charge in [0.1, 0.15) is 0 Å². The van der Waals surface area contributed by atoms with Crippen LogP contribution in [0.1, 0.15) is 26.7 Å². The Kier molecular flexibility index (Phi) is 3.69. The first-order valence-corrected chi connectivity index (χ1v) is 5.17. The molecule has 0 spiro atoms. The Bertz CT molecular complexity index is 237. The van der Waals surface area contributed by atoms with E-state index < -0.39 is 5.97 Å². The van der Waals surface area contributed by atoms with Crippen molar-refractivity contribution in [3.05, 3.63) is 12.2 Å². The van der Waals surface area contributed by atoms with Crippen molar-refractivity contribution in [3.63, 3.8) is 0 Å². The van der Waals surface area contributed by atoms with E-state index in [0.29, 0.717) is 24.1 Å². The lowest BCUT2D eigenvalue weighted by Gasteiger charge is -2.37. The van der Waals surface area contributed by atoms with E-state index in [-0.39, 0.29) is 0 Å². The van der Waals surface area contributed by atoms with E-state index in [9.17, 15) is 4.79 Å². The maximum Gasteiger partial charge on any atom is 0.332 e. The molecule has 2 unspecified atom stereocenters. The number of rotatable bonds is 3. The number of aliphatic carboxylic acids is 1. The molecule has 0 aromatic rings. The average Bonchev–Trinajstić information content (AvgIpc) is 2.12. The molecule has 0 aliphatic carbocycles. The van der Waals surface area contributed by atoms with Gasteiger partial charge in [-0.25, -0.2) is 4.79 Å². The molecular formula is C11H19NO2. The Morgan fingerprint density at radius 1 is 1.57 bits per heavy atom. The zero-order valence-electron chi connectivity index (χ0n) is 8.99. The Morgan fingerprint density at radius 3 is 2.79 bits per heavy atom. The third-order valence-electron chi connectivity index (χ3n) is 3.20. The van der Waals surface area contributed by atoms with Crippen LogP contribution in [0.5, 0.6) is 0 Å². The van der Waals surface area contributed by atoms with Crippen molar-refractivity contribution >= 4 is 5.97 Å². The number of carboxylic acids is 1. The molecule has 3 nitrogen and oxygen atoms in total. The number of hydrogen-bond acceptors (Lipinski definition) is 2. The van der Waals surface area contributed by atoms with Crippen LogP contribution in [-0.2, 0) is 4.79 Å². The predicted octanol–water partition coefficient (Wildman–Crippen LogP) is 1.75. The molecule has 1 heterocycles. The van der Waals surface area contributed by atoms with E-state index in [1.807, 2.05) is 0 Å². The highest BCUT2D eigenvalue weighted by molar-refractivity contribution is 5.86. The highest BCUT2D eigenvalue weighted by Crippen LogP contribution is 2.23. The maximum absolute atomic E-state index is 10.6. The first-order chi connectivity index (χ1) is 6.52. The summed E-state index contributed by atoms with van der Waals surface area (Å²) in [4.78, 5) is 12.8. The van der Waals surface area contributed by atoms with E-state index in [1.165, 1.54) is 12.8 Å². The van der Waals surface area contributed by atoms with Gasteiger partial charge < -0.3 is 5.11 Å². The second-order valence-corrected chi connectivity index (χ2v) is 4.24. The van der Waals surface area contributed by atoms with Crippen molar-refractivity contribution in [2.45, 2.75) is 32.7 Å². The standard InChI is InChI=1S/C11H19NO2/c1-8-5-4-6-12(10(8)3)7-9(2)11(13)14/h8,10H,2,4-7H2,1,3H3,(H,13,14). The fourth-order valence-corrected chi connectivity index (χ4v) is 1.96. The normalized spacial score (nSPS) is 28.7. The summed E-state index contributed by atoms with van der Waals surface area (Å²) in [6.45, 7) is 9.45. The number of hydrogen-bond donors (Lipinski definition) is 1. The Balaban J connectivity index is 2.51. The van der Waals surface area contributed by atoms with Crippen LogP contribution in [-0.4, -0.2) is 35.1 Å². The minimum Gasteiger partial charge on any atom is -0.478 e. The van der Waals surface area contributed by atoms with Crippen LogP contribution < -0.4 is 0 Å². The van der Waals surface area contributed by atoms with Gasteiger partial charge in [0, 0.05) is 18.2 Å². The van der Waals surface area contributed by atoms with Gasteiger partial charge in [0.25, 0.3) is 0 Å². The molecule has 0 radical (unpaired) electrons. The molecule has 1 rings (SSSR count). The molecule has 0 saturated carbocycles. The first kappa shape index (κ1) is 11.2. The van der Waals surface area contributed by atoms with Crippen molar-refractivity contribution in [3.8, 4) is 0 Å². The van der Waals surface area contributed by atoms with E-state index in [0.717, 1.165) is 6.54 Å². The molecule has 0 amide bonds. The van der Waals surface area contributed by atoms with Crippen LogP contribution in [0, 0.1) is 5.92 Å². The molecule has 14 heavy (non-hydrogen) atoms. The Hall–Kier alpha value is -0.830. The summed E-state index contributed by atoms with van der Waals surface area (Å²) in [6, 6.07) is 0.472. The molecule has 2 atom stereocenters. The van der Waals surface area contributed by atoms with Gasteiger partial charge in [0.15, 0.2) is 0 Å². The smallest absolute Gasteiger partial charge is 0.332 e. The van der Waals surface area contributed by atoms with Gasteiger partial charge in [-0.1, -0.05) is 13.5 Å². The molecular weight excluding hydrogens is 178 g/mol. The lowest BCUT2D eigenvalue weighted by molar-refractivity contribution is -0.133. The monoisotopic (exact) mass is 197 g/mol. The number of likely N-dealkylation sites (tertiary alicyclic amines) is 1. The zero-order valence-corrected chi connectivity index (χ0v) is 8.99. The molecule has 0 aromatic carbocycles. The number of piperidine rings is 1. The van der Waals surface area contributed by atoms with Gasteiger partial charge >= 0.3 is 5.97 Å². The lowest BCUT2D eigenvalue weighted by atomic mass is 9.92. The van der Waals surface area contributed by atoms with Crippen molar-refractivity contribution in [2.75, 3.05) is 13.1 Å². The molecule has 0 aromatic heterocycles. The molecule has 1 fully saturated rings. The fraction of sp³-hybridized carbons (Fsp3) is 0.727. The van der Waals surface area contributed by atoms with E-state index in [1.54, 1.807) is 0 Å². The summed E-state index contributed by atoms with van der Waals surface area (Å²) >= 11 is 0. The minimum absolute atomic E-state index is 0.297. The molecule has 1 aliphatic rings. The summed E-state index contributed by atoms with van der Waals surface area (Å²) in [5.41, 5.74) is 0.297. The molecule has 1 N–H and O–H groups in total. The second-order valence-electron chi connectivity index (χ2n) is 4.24. The van der Waals surface area contributed by atoms with E-state index >= 15 is 0 Å². The lowest BCUT2D eigenvalue weighted by Crippen LogP contribution is -2.43.